The molecule has 0 spiro atoms. The lowest BCUT2D eigenvalue weighted by molar-refractivity contribution is -0.142. The van der Waals surface area contributed by atoms with E-state index in [1.807, 2.05) is 6.07 Å². The molecule has 0 aliphatic heterocycles. The van der Waals surface area contributed by atoms with Crippen molar-refractivity contribution in [1.29, 1.82) is 0 Å². The number of benzene rings is 2. The molecule has 24 heavy (non-hydrogen) atoms. The van der Waals surface area contributed by atoms with E-state index in [4.69, 9.17) is 10.6 Å². The molecule has 0 aromatic heterocycles. The van der Waals surface area contributed by atoms with Crippen LogP contribution in [0.1, 0.15) is 28.4 Å². The van der Waals surface area contributed by atoms with Crippen LogP contribution in [0.2, 0.25) is 0 Å². The number of nitrogens with one attached hydrogen (secondary N) is 1. The minimum absolute atomic E-state index is 0.167. The van der Waals surface area contributed by atoms with Crippen molar-refractivity contribution in [2.75, 3.05) is 11.9 Å². The number of nitrogens with zero attached hydrogens (tertiary/aromatic N) is 1. The summed E-state index contributed by atoms with van der Waals surface area (Å²) in [6, 6.07) is 14.0. The molecule has 0 atom stereocenters. The predicted molar refractivity (Wildman–Crippen MR) is 93.0 cm³/mol. The Morgan fingerprint density at radius 3 is 2.75 bits per heavy atom. The Bertz CT molecular complexity index is 757. The molecule has 124 valence electrons. The van der Waals surface area contributed by atoms with Crippen LogP contribution in [0.15, 0.2) is 53.6 Å². The van der Waals surface area contributed by atoms with Crippen molar-refractivity contribution in [3.05, 3.63) is 65.2 Å². The summed E-state index contributed by atoms with van der Waals surface area (Å²) in [7, 11) is 0. The fourth-order valence-corrected chi connectivity index (χ4v) is 2.19. The normalized spacial score (nSPS) is 10.5. The summed E-state index contributed by atoms with van der Waals surface area (Å²) in [4.78, 5) is 23.9. The summed E-state index contributed by atoms with van der Waals surface area (Å²) in [5.74, 6) is 4.57. The van der Waals surface area contributed by atoms with Gasteiger partial charge < -0.3 is 15.9 Å². The summed E-state index contributed by atoms with van der Waals surface area (Å²) in [5, 5.41) is 6.25. The standard InChI is InChI=1S/C18H19N3O3/c1-2-24-17(22)11-13-5-4-8-16(10-13)21-18(23)15-7-3-6-14(9-15)12-20-19/h3-10,12H,2,11,19H2,1H3,(H,21,23). The number of carbonyl (C=O) groups excluding carboxylic acids is 2. The Hall–Kier alpha value is -3.15. The quantitative estimate of drug-likeness (QED) is 0.369. The molecule has 0 saturated carbocycles. The third kappa shape index (κ3) is 4.95. The second-order valence-corrected chi connectivity index (χ2v) is 5.04. The van der Waals surface area contributed by atoms with Gasteiger partial charge in [0, 0.05) is 11.3 Å². The van der Waals surface area contributed by atoms with Crippen LogP contribution in [0.5, 0.6) is 0 Å². The van der Waals surface area contributed by atoms with E-state index in [2.05, 4.69) is 10.4 Å². The minimum atomic E-state index is -0.297. The number of esters is 1. The van der Waals surface area contributed by atoms with E-state index >= 15 is 0 Å². The van der Waals surface area contributed by atoms with Gasteiger partial charge in [0.1, 0.15) is 0 Å². The molecule has 0 radical (unpaired) electrons. The molecule has 0 unspecified atom stereocenters. The number of hydrazone groups is 1. The molecule has 2 rings (SSSR count). The highest BCUT2D eigenvalue weighted by molar-refractivity contribution is 6.05. The first-order chi connectivity index (χ1) is 11.6. The Labute approximate surface area is 140 Å². The number of hydrogen-bond donors (Lipinski definition) is 2. The van der Waals surface area contributed by atoms with Gasteiger partial charge in [-0.2, -0.15) is 5.10 Å². The Kier molecular flexibility index (Phi) is 6.08. The predicted octanol–water partition coefficient (Wildman–Crippen LogP) is 2.34. The van der Waals surface area contributed by atoms with Crippen LogP contribution in [0.3, 0.4) is 0 Å². The van der Waals surface area contributed by atoms with Crippen molar-refractivity contribution < 1.29 is 14.3 Å². The van der Waals surface area contributed by atoms with E-state index < -0.39 is 0 Å². The summed E-state index contributed by atoms with van der Waals surface area (Å²) >= 11 is 0. The molecule has 0 heterocycles. The smallest absolute Gasteiger partial charge is 0.310 e. The van der Waals surface area contributed by atoms with Crippen molar-refractivity contribution in [1.82, 2.24) is 0 Å². The summed E-state index contributed by atoms with van der Waals surface area (Å²) in [6.45, 7) is 2.11. The van der Waals surface area contributed by atoms with Gasteiger partial charge in [0.05, 0.1) is 19.2 Å². The average Bonchev–Trinajstić information content (AvgIpc) is 2.56. The van der Waals surface area contributed by atoms with Gasteiger partial charge >= 0.3 is 5.97 Å². The molecule has 0 saturated heterocycles. The Morgan fingerprint density at radius 1 is 1.21 bits per heavy atom. The number of hydrogen-bond acceptors (Lipinski definition) is 5. The number of carbonyl (C=O) groups is 2. The lowest BCUT2D eigenvalue weighted by Crippen LogP contribution is -2.13. The van der Waals surface area contributed by atoms with Crippen LogP contribution in [-0.2, 0) is 16.0 Å². The molecule has 6 heteroatoms. The lowest BCUT2D eigenvalue weighted by atomic mass is 10.1. The van der Waals surface area contributed by atoms with Gasteiger partial charge in [-0.15, -0.1) is 0 Å². The van der Waals surface area contributed by atoms with Crippen molar-refractivity contribution in [3.8, 4) is 0 Å². The van der Waals surface area contributed by atoms with Gasteiger partial charge in [0.15, 0.2) is 0 Å². The maximum absolute atomic E-state index is 12.3. The molecule has 0 aliphatic rings. The highest BCUT2D eigenvalue weighted by Crippen LogP contribution is 2.14. The molecule has 0 aliphatic carbocycles. The van der Waals surface area contributed by atoms with Crippen LogP contribution in [-0.4, -0.2) is 24.7 Å². The zero-order chi connectivity index (χ0) is 17.4. The molecular weight excluding hydrogens is 306 g/mol. The average molecular weight is 325 g/mol. The number of anilines is 1. The third-order valence-corrected chi connectivity index (χ3v) is 3.21. The van der Waals surface area contributed by atoms with E-state index in [1.165, 1.54) is 6.21 Å². The highest BCUT2D eigenvalue weighted by atomic mass is 16.5. The minimum Gasteiger partial charge on any atom is -0.466 e. The Morgan fingerprint density at radius 2 is 2.00 bits per heavy atom. The maximum atomic E-state index is 12.3. The summed E-state index contributed by atoms with van der Waals surface area (Å²) in [5.41, 5.74) is 2.61. The van der Waals surface area contributed by atoms with Gasteiger partial charge in [-0.05, 0) is 42.3 Å². The van der Waals surface area contributed by atoms with Gasteiger partial charge in [-0.25, -0.2) is 0 Å². The molecule has 2 aromatic rings. The monoisotopic (exact) mass is 325 g/mol. The third-order valence-electron chi connectivity index (χ3n) is 3.21. The molecule has 2 aromatic carbocycles. The van der Waals surface area contributed by atoms with Crippen molar-refractivity contribution in [3.63, 3.8) is 0 Å². The first kappa shape index (κ1) is 17.2. The van der Waals surface area contributed by atoms with E-state index in [0.29, 0.717) is 17.9 Å². The SMILES string of the molecule is CCOC(=O)Cc1cccc(NC(=O)c2cccc(C=NN)c2)c1. The van der Waals surface area contributed by atoms with E-state index in [1.54, 1.807) is 49.4 Å². The second kappa shape index (κ2) is 8.47. The first-order valence-corrected chi connectivity index (χ1v) is 7.51. The fraction of sp³-hybridized carbons (Fsp3) is 0.167. The van der Waals surface area contributed by atoms with Gasteiger partial charge in [-0.1, -0.05) is 24.3 Å². The van der Waals surface area contributed by atoms with Crippen LogP contribution in [0.25, 0.3) is 0 Å². The largest absolute Gasteiger partial charge is 0.466 e. The van der Waals surface area contributed by atoms with Gasteiger partial charge in [0.25, 0.3) is 5.91 Å². The number of rotatable bonds is 6. The van der Waals surface area contributed by atoms with Crippen LogP contribution in [0, 0.1) is 0 Å². The first-order valence-electron chi connectivity index (χ1n) is 7.51. The fourth-order valence-electron chi connectivity index (χ4n) is 2.19. The van der Waals surface area contributed by atoms with E-state index in [0.717, 1.165) is 11.1 Å². The number of amides is 1. The van der Waals surface area contributed by atoms with Crippen molar-refractivity contribution in [2.24, 2.45) is 10.9 Å². The summed E-state index contributed by atoms with van der Waals surface area (Å²) < 4.78 is 4.92. The molecule has 3 N–H and O–H groups in total. The number of nitrogens with two attached hydrogens (primary N) is 1. The number of ether oxygens (including phenoxy) is 1. The van der Waals surface area contributed by atoms with Gasteiger partial charge in [-0.3, -0.25) is 9.59 Å². The second-order valence-electron chi connectivity index (χ2n) is 5.04. The zero-order valence-corrected chi connectivity index (χ0v) is 13.4. The molecule has 1 amide bonds. The van der Waals surface area contributed by atoms with E-state index in [-0.39, 0.29) is 18.3 Å². The molecule has 0 fully saturated rings. The van der Waals surface area contributed by atoms with Crippen LogP contribution < -0.4 is 11.2 Å². The van der Waals surface area contributed by atoms with Crippen molar-refractivity contribution in [2.45, 2.75) is 13.3 Å². The summed E-state index contributed by atoms with van der Waals surface area (Å²) in [6.07, 6.45) is 1.64. The maximum Gasteiger partial charge on any atom is 0.310 e. The lowest BCUT2D eigenvalue weighted by Gasteiger charge is -2.08. The van der Waals surface area contributed by atoms with Gasteiger partial charge in [0.2, 0.25) is 0 Å². The molecular formula is C18H19N3O3. The topological polar surface area (TPSA) is 93.8 Å². The van der Waals surface area contributed by atoms with E-state index in [9.17, 15) is 9.59 Å². The zero-order valence-electron chi connectivity index (χ0n) is 13.4. The van der Waals surface area contributed by atoms with Crippen LogP contribution >= 0.6 is 0 Å². The molecule has 6 nitrogen and oxygen atoms in total. The Balaban J connectivity index is 2.09. The van der Waals surface area contributed by atoms with Crippen molar-refractivity contribution >= 4 is 23.8 Å². The molecule has 0 bridgehead atoms. The van der Waals surface area contributed by atoms with Crippen LogP contribution in [0.4, 0.5) is 5.69 Å². The highest BCUT2D eigenvalue weighted by Gasteiger charge is 2.08.